The van der Waals surface area contributed by atoms with Gasteiger partial charge in [0.1, 0.15) is 17.2 Å². The van der Waals surface area contributed by atoms with Crippen LogP contribution in [0.1, 0.15) is 12.5 Å². The number of ether oxygens (including phenoxy) is 3. The molecule has 1 unspecified atom stereocenters. The molecule has 25 heavy (non-hydrogen) atoms. The van der Waals surface area contributed by atoms with Gasteiger partial charge in [-0.25, -0.2) is 4.39 Å². The molecule has 1 aliphatic heterocycles. The average molecular weight is 347 g/mol. The van der Waals surface area contributed by atoms with Crippen LogP contribution in [-0.4, -0.2) is 31.0 Å². The van der Waals surface area contributed by atoms with Crippen LogP contribution in [0.3, 0.4) is 0 Å². The van der Waals surface area contributed by atoms with Crippen molar-refractivity contribution in [1.29, 1.82) is 0 Å². The van der Waals surface area contributed by atoms with E-state index < -0.39 is 11.5 Å². The number of nitrogens with one attached hydrogen (secondary N) is 1. The summed E-state index contributed by atoms with van der Waals surface area (Å²) >= 11 is 0. The maximum atomic E-state index is 12.8. The second-order valence-corrected chi connectivity index (χ2v) is 5.86. The van der Waals surface area contributed by atoms with Crippen LogP contribution in [0.5, 0.6) is 17.2 Å². The lowest BCUT2D eigenvalue weighted by Crippen LogP contribution is -2.40. The zero-order chi connectivity index (χ0) is 17.9. The van der Waals surface area contributed by atoms with Gasteiger partial charge >= 0.3 is 0 Å². The summed E-state index contributed by atoms with van der Waals surface area (Å²) in [5.74, 6) is 0.793. The molecule has 0 fully saturated rings. The van der Waals surface area contributed by atoms with Gasteiger partial charge in [-0.15, -0.1) is 0 Å². The predicted molar refractivity (Wildman–Crippen MR) is 87.0 cm³/mol. The summed E-state index contributed by atoms with van der Waals surface area (Å²) in [6.45, 7) is 1.51. The van der Waals surface area contributed by atoms with E-state index in [4.69, 9.17) is 14.2 Å². The highest BCUT2D eigenvalue weighted by Gasteiger charge is 2.26. The molecule has 132 valence electrons. The van der Waals surface area contributed by atoms with Gasteiger partial charge in [0.05, 0.1) is 6.54 Å². The van der Waals surface area contributed by atoms with Crippen LogP contribution in [0.15, 0.2) is 42.5 Å². The molecule has 1 aliphatic rings. The Hall–Kier alpha value is -2.80. The first-order chi connectivity index (χ1) is 11.9. The van der Waals surface area contributed by atoms with Crippen LogP contribution in [0.2, 0.25) is 0 Å². The Labute approximate surface area is 144 Å². The number of rotatable bonds is 6. The standard InChI is InChI=1S/C18H18FNO5/c1-18(22,12-2-7-15-16(8-12)25-11-24-15)10-20-17(21)9-23-14-5-3-13(19)4-6-14/h2-8,22H,9-11H2,1H3,(H,20,21). The summed E-state index contributed by atoms with van der Waals surface area (Å²) in [6.07, 6.45) is 0. The molecule has 0 saturated heterocycles. The van der Waals surface area contributed by atoms with E-state index in [2.05, 4.69) is 5.32 Å². The highest BCUT2D eigenvalue weighted by molar-refractivity contribution is 5.77. The maximum absolute atomic E-state index is 12.8. The number of carbonyl (C=O) groups is 1. The lowest BCUT2D eigenvalue weighted by molar-refractivity contribution is -0.124. The highest BCUT2D eigenvalue weighted by atomic mass is 19.1. The SMILES string of the molecule is CC(O)(CNC(=O)COc1ccc(F)cc1)c1ccc2c(c1)OCO2. The van der Waals surface area contributed by atoms with E-state index in [0.717, 1.165) is 0 Å². The van der Waals surface area contributed by atoms with Gasteiger partial charge in [0.15, 0.2) is 18.1 Å². The normalized spacial score (nSPS) is 14.7. The number of hydrogen-bond acceptors (Lipinski definition) is 5. The van der Waals surface area contributed by atoms with Crippen molar-refractivity contribution in [3.05, 3.63) is 53.8 Å². The fourth-order valence-electron chi connectivity index (χ4n) is 2.34. The average Bonchev–Trinajstić information content (AvgIpc) is 3.07. The molecule has 1 amide bonds. The Morgan fingerprint density at radius 2 is 1.96 bits per heavy atom. The van der Waals surface area contributed by atoms with Crippen molar-refractivity contribution in [2.45, 2.75) is 12.5 Å². The fourth-order valence-corrected chi connectivity index (χ4v) is 2.34. The van der Waals surface area contributed by atoms with Crippen molar-refractivity contribution in [1.82, 2.24) is 5.32 Å². The summed E-state index contributed by atoms with van der Waals surface area (Å²) in [5, 5.41) is 13.2. The summed E-state index contributed by atoms with van der Waals surface area (Å²) < 4.78 is 28.6. The monoisotopic (exact) mass is 347 g/mol. The van der Waals surface area contributed by atoms with Crippen molar-refractivity contribution in [3.63, 3.8) is 0 Å². The van der Waals surface area contributed by atoms with Gasteiger partial charge in [0, 0.05) is 0 Å². The highest BCUT2D eigenvalue weighted by Crippen LogP contribution is 2.35. The molecule has 2 aromatic carbocycles. The summed E-state index contributed by atoms with van der Waals surface area (Å²) in [5.41, 5.74) is -0.691. The zero-order valence-corrected chi connectivity index (χ0v) is 13.6. The van der Waals surface area contributed by atoms with E-state index in [9.17, 15) is 14.3 Å². The van der Waals surface area contributed by atoms with Crippen LogP contribution < -0.4 is 19.5 Å². The number of aliphatic hydroxyl groups is 1. The first kappa shape index (κ1) is 17.0. The largest absolute Gasteiger partial charge is 0.484 e. The lowest BCUT2D eigenvalue weighted by Gasteiger charge is -2.24. The van der Waals surface area contributed by atoms with Gasteiger partial charge in [-0.2, -0.15) is 0 Å². The van der Waals surface area contributed by atoms with E-state index in [-0.39, 0.29) is 25.8 Å². The lowest BCUT2D eigenvalue weighted by atomic mass is 9.95. The third-order valence-corrected chi connectivity index (χ3v) is 3.81. The smallest absolute Gasteiger partial charge is 0.258 e. The van der Waals surface area contributed by atoms with E-state index >= 15 is 0 Å². The Morgan fingerprint density at radius 1 is 1.24 bits per heavy atom. The minimum absolute atomic E-state index is 0.00173. The number of halogens is 1. The molecule has 0 spiro atoms. The van der Waals surface area contributed by atoms with Crippen molar-refractivity contribution in [2.75, 3.05) is 19.9 Å². The molecular weight excluding hydrogens is 329 g/mol. The number of fused-ring (bicyclic) bond motifs is 1. The molecule has 2 aromatic rings. The summed E-state index contributed by atoms with van der Waals surface area (Å²) in [6, 6.07) is 10.5. The first-order valence-electron chi connectivity index (χ1n) is 7.72. The zero-order valence-electron chi connectivity index (χ0n) is 13.6. The quantitative estimate of drug-likeness (QED) is 0.835. The van der Waals surface area contributed by atoms with E-state index in [0.29, 0.717) is 22.8 Å². The Bertz CT molecular complexity index is 761. The first-order valence-corrected chi connectivity index (χ1v) is 7.72. The van der Waals surface area contributed by atoms with Gasteiger partial charge in [-0.1, -0.05) is 6.07 Å². The summed E-state index contributed by atoms with van der Waals surface area (Å²) in [7, 11) is 0. The second-order valence-electron chi connectivity index (χ2n) is 5.86. The minimum atomic E-state index is -1.29. The molecule has 1 atom stereocenters. The van der Waals surface area contributed by atoms with Gasteiger partial charge in [-0.3, -0.25) is 4.79 Å². The van der Waals surface area contributed by atoms with Gasteiger partial charge < -0.3 is 24.6 Å². The third-order valence-electron chi connectivity index (χ3n) is 3.81. The molecule has 0 bridgehead atoms. The number of carbonyl (C=O) groups excluding carboxylic acids is 1. The molecule has 0 radical (unpaired) electrons. The van der Waals surface area contributed by atoms with Gasteiger partial charge in [0.2, 0.25) is 6.79 Å². The maximum Gasteiger partial charge on any atom is 0.258 e. The third kappa shape index (κ3) is 4.19. The van der Waals surface area contributed by atoms with Crippen molar-refractivity contribution >= 4 is 5.91 Å². The molecule has 7 heteroatoms. The number of benzene rings is 2. The molecule has 6 nitrogen and oxygen atoms in total. The topological polar surface area (TPSA) is 77.0 Å². The molecule has 2 N–H and O–H groups in total. The van der Waals surface area contributed by atoms with Gasteiger partial charge in [0.25, 0.3) is 5.91 Å². The summed E-state index contributed by atoms with van der Waals surface area (Å²) in [4.78, 5) is 11.9. The Kier molecular flexibility index (Phi) is 4.76. The number of amides is 1. The minimum Gasteiger partial charge on any atom is -0.484 e. The van der Waals surface area contributed by atoms with Crippen LogP contribution in [0, 0.1) is 5.82 Å². The van der Waals surface area contributed by atoms with Crippen LogP contribution in [0.25, 0.3) is 0 Å². The Morgan fingerprint density at radius 3 is 2.72 bits per heavy atom. The van der Waals surface area contributed by atoms with E-state index in [1.807, 2.05) is 0 Å². The fraction of sp³-hybridized carbons (Fsp3) is 0.278. The van der Waals surface area contributed by atoms with Gasteiger partial charge in [-0.05, 0) is 48.9 Å². The molecular formula is C18H18FNO5. The van der Waals surface area contributed by atoms with Crippen LogP contribution in [-0.2, 0) is 10.4 Å². The Balaban J connectivity index is 1.52. The molecule has 3 rings (SSSR count). The number of hydrogen-bond donors (Lipinski definition) is 2. The van der Waals surface area contributed by atoms with Crippen LogP contribution >= 0.6 is 0 Å². The van der Waals surface area contributed by atoms with Crippen LogP contribution in [0.4, 0.5) is 4.39 Å². The van der Waals surface area contributed by atoms with Crippen molar-refractivity contribution in [3.8, 4) is 17.2 Å². The molecule has 0 saturated carbocycles. The van der Waals surface area contributed by atoms with Crippen molar-refractivity contribution in [2.24, 2.45) is 0 Å². The van der Waals surface area contributed by atoms with E-state index in [1.54, 1.807) is 25.1 Å². The predicted octanol–water partition coefficient (Wildman–Crippen LogP) is 1.96. The second kappa shape index (κ2) is 6.98. The molecule has 0 aliphatic carbocycles. The molecule has 1 heterocycles. The van der Waals surface area contributed by atoms with E-state index in [1.165, 1.54) is 24.3 Å². The molecule has 0 aromatic heterocycles. The van der Waals surface area contributed by atoms with Crippen molar-refractivity contribution < 1.29 is 28.5 Å².